The molecule has 0 bridgehead atoms. The summed E-state index contributed by atoms with van der Waals surface area (Å²) in [7, 11) is -1.77. The number of rotatable bonds is 1. The third-order valence-electron chi connectivity index (χ3n) is 0.122. The molecule has 0 saturated carbocycles. The summed E-state index contributed by atoms with van der Waals surface area (Å²) in [6.07, 6.45) is 0. The van der Waals surface area contributed by atoms with Crippen LogP contribution in [-0.4, -0.2) is 179 Å². The van der Waals surface area contributed by atoms with E-state index in [0.717, 1.165) is 0 Å². The molecular weight excluding hydrogens is 783 g/mol. The molecule has 0 saturated heterocycles. The molecule has 0 unspecified atom stereocenters. The number of hydrogen-bond donors (Lipinski definition) is 2. The van der Waals surface area contributed by atoms with Crippen molar-refractivity contribution in [3.8, 4) is 0 Å². The number of hydrogen-bond acceptors (Lipinski definition) is 4. The van der Waals surface area contributed by atoms with E-state index >= 15 is 0 Å². The summed E-state index contributed by atoms with van der Waals surface area (Å²) in [6.45, 7) is 0. The Morgan fingerprint density at radius 2 is 0.636 bits per heavy atom. The van der Waals surface area contributed by atoms with Gasteiger partial charge in [-0.25, -0.2) is 0 Å². The zero-order chi connectivity index (χ0) is 8.28. The molecule has 0 atom stereocenters. The second-order valence-electron chi connectivity index (χ2n) is 0.550. The maximum atomic E-state index is 9.00. The first-order valence-corrected chi connectivity index (χ1v) is 11.0. The molecule has 20 N–H and O–H groups in total. The first-order valence-electron chi connectivity index (χ1n) is 2.37. The van der Waals surface area contributed by atoms with Crippen molar-refractivity contribution >= 4 is 136 Å². The van der Waals surface area contributed by atoms with E-state index in [4.69, 9.17) is 17.9 Å². The minimum absolute atomic E-state index is 0. The summed E-state index contributed by atoms with van der Waals surface area (Å²) in [5.41, 5.74) is 0. The van der Waals surface area contributed by atoms with Crippen molar-refractivity contribution in [3.63, 3.8) is 0 Å². The van der Waals surface area contributed by atoms with Crippen LogP contribution in [0.2, 0.25) is 0 Å². The molecule has 0 rings (SSSR count). The van der Waals surface area contributed by atoms with Gasteiger partial charge in [0.05, 0.1) is 0 Å². The fourth-order valence-corrected chi connectivity index (χ4v) is 0. The molecular formula is C6H46B4Br4Mg2Na4O13. The van der Waals surface area contributed by atoms with Gasteiger partial charge in [-0.3, -0.25) is 0 Å². The molecule has 13 nitrogen and oxygen atoms in total. The molecule has 0 aliphatic rings. The van der Waals surface area contributed by atoms with Crippen molar-refractivity contribution in [1.29, 1.82) is 0 Å². The van der Waals surface area contributed by atoms with Crippen LogP contribution in [0.5, 0.6) is 0 Å². The van der Waals surface area contributed by atoms with Gasteiger partial charge in [0.15, 0.2) is 0 Å². The Balaban J connectivity index is -0.000000000463. The summed E-state index contributed by atoms with van der Waals surface area (Å²) in [4.78, 5) is 0. The van der Waals surface area contributed by atoms with E-state index in [1.807, 2.05) is 0 Å². The molecule has 0 aliphatic carbocycles. The molecule has 0 spiro atoms. The van der Waals surface area contributed by atoms with Crippen LogP contribution in [0.1, 0.15) is 46.0 Å². The van der Waals surface area contributed by atoms with Gasteiger partial charge in [-0.2, -0.15) is 0 Å². The predicted molar refractivity (Wildman–Crippen MR) is 136 cm³/mol. The van der Waals surface area contributed by atoms with E-state index in [0.29, 0.717) is 21.7 Å². The van der Waals surface area contributed by atoms with E-state index in [-0.39, 0.29) is 269 Å². The third-order valence-corrected chi connectivity index (χ3v) is 0.122. The molecule has 0 aromatic rings. The summed E-state index contributed by atoms with van der Waals surface area (Å²) < 4.78 is 17.3. The maximum absolute atomic E-state index is 9.00. The van der Waals surface area contributed by atoms with Crippen molar-refractivity contribution in [1.82, 2.24) is 0 Å². The quantitative estimate of drug-likeness (QED) is 0.243. The Morgan fingerprint density at radius 1 is 0.606 bits per heavy atom. The fourth-order valence-electron chi connectivity index (χ4n) is 0. The first kappa shape index (κ1) is 364. The van der Waals surface area contributed by atoms with Gasteiger partial charge in [0.25, 0.3) is 0 Å². The summed E-state index contributed by atoms with van der Waals surface area (Å²) >= 11 is 3.50. The van der Waals surface area contributed by atoms with Gasteiger partial charge < -0.3 is 102 Å². The van der Waals surface area contributed by atoms with Crippen LogP contribution in [0.4, 0.5) is 0 Å². The van der Waals surface area contributed by atoms with Crippen molar-refractivity contribution < 1.29 is 179 Å². The van der Waals surface area contributed by atoms with Gasteiger partial charge in [0, 0.05) is 16.8 Å². The van der Waals surface area contributed by atoms with E-state index in [1.165, 1.54) is 43.6 Å². The van der Waals surface area contributed by atoms with Crippen LogP contribution in [0.15, 0.2) is 0 Å². The minimum atomic E-state index is -1.80. The molecule has 0 amide bonds. The average molecular weight is 830 g/mol. The van der Waals surface area contributed by atoms with Crippen molar-refractivity contribution in [2.24, 2.45) is 0 Å². The normalized spacial score (nSPS) is 1.33. The van der Waals surface area contributed by atoms with Crippen molar-refractivity contribution in [2.75, 3.05) is 0 Å². The van der Waals surface area contributed by atoms with E-state index in [2.05, 4.69) is 0 Å². The topological polar surface area (TPSA) is 358 Å². The van der Waals surface area contributed by atoms with Crippen LogP contribution in [0, 0.1) is 0 Å². The van der Waals surface area contributed by atoms with Gasteiger partial charge >= 0.3 is 179 Å². The molecule has 0 aromatic heterocycles. The Labute approximate surface area is 352 Å². The van der Waals surface area contributed by atoms with Crippen LogP contribution in [0.25, 0.3) is 0 Å². The van der Waals surface area contributed by atoms with Crippen LogP contribution < -0.4 is 110 Å². The van der Waals surface area contributed by atoms with Crippen LogP contribution >= 0.6 is 17.0 Å². The van der Waals surface area contributed by atoms with Crippen molar-refractivity contribution in [2.45, 2.75) is 44.6 Å². The van der Waals surface area contributed by atoms with Crippen LogP contribution in [-0.2, 0) is 7.88 Å². The molecule has 0 aliphatic heterocycles. The van der Waals surface area contributed by atoms with Gasteiger partial charge in [-0.15, -0.1) is 17.0 Å². The number of halogens is 4. The van der Waals surface area contributed by atoms with Gasteiger partial charge in [-0.1, -0.05) is 44.6 Å². The monoisotopic (exact) mass is 826 g/mol. The molecule has 196 valence electrons. The van der Waals surface area contributed by atoms with Gasteiger partial charge in [0.1, 0.15) is 0 Å². The molecule has 0 fully saturated rings. The zero-order valence-electron chi connectivity index (χ0n) is 16.5. The molecule has 0 aromatic carbocycles. The summed E-state index contributed by atoms with van der Waals surface area (Å²) in [5, 5.41) is 15.1. The Morgan fingerprint density at radius 3 is 0.636 bits per heavy atom. The van der Waals surface area contributed by atoms with Crippen LogP contribution in [0.3, 0.4) is 0 Å². The van der Waals surface area contributed by atoms with E-state index in [9.17, 15) is 0 Å². The second-order valence-corrected chi connectivity index (χ2v) is 0.550. The Bertz CT molecular complexity index is 119. The van der Waals surface area contributed by atoms with Gasteiger partial charge in [-0.05, 0) is 0 Å². The standard InChI is InChI=1S/6CH4.B2H2O3.2B.4BrH.2Mg.4Na.9H2O.O.H/c;;;;;;3-1-2(4)5;;;;;;;;;;;;;;;;;;;;;;;/h6*1H4;4-5H;;;4*1H;;;;;;;9*1H2;;/q;;;;;;;;;;;;;;+2;;;2*+1;;;;;;;;;;;-1/p-3. The molecule has 27 heteroatoms. The van der Waals surface area contributed by atoms with E-state index in [1.54, 1.807) is 0 Å². The third kappa shape index (κ3) is 671. The van der Waals surface area contributed by atoms with E-state index < -0.39 is 7.01 Å². The Hall–Kier alpha value is 6.87. The molecule has 33 heavy (non-hydrogen) atoms. The Kier molecular flexibility index (Phi) is 5200. The predicted octanol–water partition coefficient (Wildman–Crippen LogP) is -22.3. The fraction of sp³-hybridized carbons (Fsp3) is 1.00. The zero-order valence-corrected chi connectivity index (χ0v) is 32.8. The SMILES string of the molecule is Br.C.C.C.C.C.C.O.O.O.O.O.O.O.O.O.O=BB(O)O.[B].[B].[Br-].[Br-].[Br-].[H-].[Mg+2].[Na+].[Na+].[Na][Na].[O]=[Mg]. The molecule has 6 radical (unpaired) electrons. The van der Waals surface area contributed by atoms with Gasteiger partial charge in [0.2, 0.25) is 0 Å². The molecule has 0 heterocycles. The second kappa shape index (κ2) is 472. The average Bonchev–Trinajstić information content (AvgIpc) is 1.97. The summed E-state index contributed by atoms with van der Waals surface area (Å²) in [5.74, 6) is 0. The van der Waals surface area contributed by atoms with Crippen molar-refractivity contribution in [3.05, 3.63) is 0 Å². The summed E-state index contributed by atoms with van der Waals surface area (Å²) in [6, 6.07) is 0. The first-order chi connectivity index (χ1) is 4.27.